The minimum Gasteiger partial charge on any atom is -0.381 e. The normalized spacial score (nSPS) is 29.9. The lowest BCUT2D eigenvalue weighted by atomic mass is 9.78. The first-order valence-corrected chi connectivity index (χ1v) is 11.7. The third-order valence-electron chi connectivity index (χ3n) is 7.54. The van der Waals surface area contributed by atoms with Crippen LogP contribution in [-0.4, -0.2) is 61.6 Å². The number of likely N-dealkylation sites (tertiary alicyclic amines) is 2. The van der Waals surface area contributed by atoms with Crippen LogP contribution >= 0.6 is 0 Å². The Morgan fingerprint density at radius 3 is 2.66 bits per heavy atom. The first kappa shape index (κ1) is 19.3. The van der Waals surface area contributed by atoms with Crippen molar-refractivity contribution in [2.75, 3.05) is 45.9 Å². The summed E-state index contributed by atoms with van der Waals surface area (Å²) in [5, 5.41) is 0. The molecule has 0 bridgehead atoms. The van der Waals surface area contributed by atoms with E-state index in [1.807, 2.05) is 0 Å². The molecule has 0 spiro atoms. The van der Waals surface area contributed by atoms with E-state index in [0.717, 1.165) is 39.0 Å². The van der Waals surface area contributed by atoms with Crippen molar-refractivity contribution in [1.82, 2.24) is 9.80 Å². The summed E-state index contributed by atoms with van der Waals surface area (Å²) in [6.07, 6.45) is 9.57. The lowest BCUT2D eigenvalue weighted by Gasteiger charge is -2.26. The molecule has 0 N–H and O–H groups in total. The molecule has 0 radical (unpaired) electrons. The number of nitrogens with zero attached hydrogens (tertiary/aromatic N) is 2. The summed E-state index contributed by atoms with van der Waals surface area (Å²) in [4.78, 5) is 17.6. The Kier molecular flexibility index (Phi) is 5.74. The fraction of sp³-hybridized carbons (Fsp3) is 0.640. The minimum absolute atomic E-state index is 0.0949. The Labute approximate surface area is 174 Å². The van der Waals surface area contributed by atoms with Gasteiger partial charge in [0.2, 0.25) is 5.91 Å². The van der Waals surface area contributed by atoms with Crippen LogP contribution in [0.4, 0.5) is 0 Å². The molecule has 3 fully saturated rings. The van der Waals surface area contributed by atoms with E-state index in [1.165, 1.54) is 55.6 Å². The van der Waals surface area contributed by atoms with Crippen LogP contribution in [0.2, 0.25) is 0 Å². The van der Waals surface area contributed by atoms with Crippen molar-refractivity contribution in [1.29, 1.82) is 0 Å². The van der Waals surface area contributed by atoms with Gasteiger partial charge in [0.15, 0.2) is 0 Å². The van der Waals surface area contributed by atoms with E-state index in [4.69, 9.17) is 4.74 Å². The summed E-state index contributed by atoms with van der Waals surface area (Å²) < 4.78 is 5.45. The summed E-state index contributed by atoms with van der Waals surface area (Å²) >= 11 is 0. The zero-order valence-electron chi connectivity index (χ0n) is 17.5. The first-order valence-electron chi connectivity index (χ1n) is 11.7. The van der Waals surface area contributed by atoms with E-state index in [-0.39, 0.29) is 5.92 Å². The van der Waals surface area contributed by atoms with Gasteiger partial charge in [0.05, 0.1) is 12.5 Å². The van der Waals surface area contributed by atoms with Crippen molar-refractivity contribution >= 4 is 11.5 Å². The van der Waals surface area contributed by atoms with Gasteiger partial charge in [-0.2, -0.15) is 0 Å². The van der Waals surface area contributed by atoms with Crippen molar-refractivity contribution in [3.63, 3.8) is 0 Å². The molecule has 3 atom stereocenters. The van der Waals surface area contributed by atoms with Gasteiger partial charge in [-0.25, -0.2) is 0 Å². The number of amides is 1. The molecule has 4 nitrogen and oxygen atoms in total. The summed E-state index contributed by atoms with van der Waals surface area (Å²) in [7, 11) is 0. The van der Waals surface area contributed by atoms with Crippen LogP contribution in [0.3, 0.4) is 0 Å². The van der Waals surface area contributed by atoms with Crippen LogP contribution in [-0.2, 0) is 16.0 Å². The maximum Gasteiger partial charge on any atom is 0.228 e. The number of hydrogen-bond donors (Lipinski definition) is 0. The number of benzene rings is 1. The smallest absolute Gasteiger partial charge is 0.228 e. The van der Waals surface area contributed by atoms with Crippen LogP contribution in [0.1, 0.15) is 43.2 Å². The molecule has 0 saturated carbocycles. The highest BCUT2D eigenvalue weighted by Gasteiger charge is 2.41. The Bertz CT molecular complexity index is 745. The Hall–Kier alpha value is -1.65. The number of carbonyl (C=O) groups excluding carboxylic acids is 1. The molecule has 29 heavy (non-hydrogen) atoms. The number of fused-ring (bicyclic) bond motifs is 1. The van der Waals surface area contributed by atoms with Gasteiger partial charge in [-0.15, -0.1) is 0 Å². The molecule has 3 heterocycles. The van der Waals surface area contributed by atoms with Gasteiger partial charge in [-0.1, -0.05) is 30.3 Å². The van der Waals surface area contributed by atoms with Gasteiger partial charge in [-0.05, 0) is 74.2 Å². The fourth-order valence-electron chi connectivity index (χ4n) is 5.78. The van der Waals surface area contributed by atoms with Crippen LogP contribution in [0.5, 0.6) is 0 Å². The quantitative estimate of drug-likeness (QED) is 0.765. The highest BCUT2D eigenvalue weighted by Crippen LogP contribution is 2.42. The number of ether oxygens (including phenoxy) is 1. The van der Waals surface area contributed by atoms with Crippen molar-refractivity contribution in [3.05, 3.63) is 41.5 Å². The highest BCUT2D eigenvalue weighted by molar-refractivity contribution is 5.80. The van der Waals surface area contributed by atoms with Gasteiger partial charge < -0.3 is 14.5 Å². The summed E-state index contributed by atoms with van der Waals surface area (Å²) in [6.45, 7) is 6.92. The van der Waals surface area contributed by atoms with Crippen molar-refractivity contribution < 1.29 is 9.53 Å². The molecule has 1 aromatic rings. The largest absolute Gasteiger partial charge is 0.381 e. The van der Waals surface area contributed by atoms with Gasteiger partial charge >= 0.3 is 0 Å². The maximum atomic E-state index is 12.9. The summed E-state index contributed by atoms with van der Waals surface area (Å²) in [5.74, 6) is 1.55. The highest BCUT2D eigenvalue weighted by atomic mass is 16.5. The standard InChI is InChI=1S/C25H34N2O2/c28-25(22-11-15-29-18-22)27-16-21-4-3-5-23(24(21)17-27)20-8-6-19(7-9-20)10-14-26-12-1-2-13-26/h5-9,21-22,24H,1-4,10-18H2. The summed E-state index contributed by atoms with van der Waals surface area (Å²) in [6, 6.07) is 9.29. The molecule has 3 saturated heterocycles. The van der Waals surface area contributed by atoms with E-state index in [1.54, 1.807) is 0 Å². The lowest BCUT2D eigenvalue weighted by Crippen LogP contribution is -2.35. The number of carbonyl (C=O) groups is 1. The zero-order valence-corrected chi connectivity index (χ0v) is 17.5. The Morgan fingerprint density at radius 1 is 1.07 bits per heavy atom. The van der Waals surface area contributed by atoms with Crippen molar-refractivity contribution in [2.24, 2.45) is 17.8 Å². The van der Waals surface area contributed by atoms with Crippen LogP contribution in [0.15, 0.2) is 30.3 Å². The molecule has 156 valence electrons. The van der Waals surface area contributed by atoms with E-state index >= 15 is 0 Å². The molecular weight excluding hydrogens is 360 g/mol. The number of allylic oxidation sites excluding steroid dienone is 1. The maximum absolute atomic E-state index is 12.9. The second kappa shape index (κ2) is 8.61. The average Bonchev–Trinajstić information content (AvgIpc) is 3.53. The van der Waals surface area contributed by atoms with Crippen molar-refractivity contribution in [2.45, 2.75) is 38.5 Å². The molecular formula is C25H34N2O2. The van der Waals surface area contributed by atoms with Crippen LogP contribution in [0, 0.1) is 17.8 Å². The van der Waals surface area contributed by atoms with Crippen LogP contribution in [0.25, 0.3) is 5.57 Å². The Balaban J connectivity index is 1.23. The van der Waals surface area contributed by atoms with E-state index in [0.29, 0.717) is 24.3 Å². The Morgan fingerprint density at radius 2 is 1.90 bits per heavy atom. The second-order valence-corrected chi connectivity index (χ2v) is 9.40. The molecule has 1 aromatic carbocycles. The molecule has 0 aromatic heterocycles. The predicted octanol–water partition coefficient (Wildman–Crippen LogP) is 3.61. The predicted molar refractivity (Wildman–Crippen MR) is 116 cm³/mol. The summed E-state index contributed by atoms with van der Waals surface area (Å²) in [5.41, 5.74) is 4.28. The SMILES string of the molecule is O=C(C1CCOC1)N1CC2CCC=C(c3ccc(CCN4CCCC4)cc3)C2C1. The van der Waals surface area contributed by atoms with E-state index < -0.39 is 0 Å². The molecule has 5 rings (SSSR count). The van der Waals surface area contributed by atoms with Crippen molar-refractivity contribution in [3.8, 4) is 0 Å². The van der Waals surface area contributed by atoms with Crippen LogP contribution < -0.4 is 0 Å². The number of rotatable bonds is 5. The zero-order chi connectivity index (χ0) is 19.6. The third kappa shape index (κ3) is 4.15. The second-order valence-electron chi connectivity index (χ2n) is 9.40. The molecule has 3 unspecified atom stereocenters. The minimum atomic E-state index is 0.0949. The fourth-order valence-corrected chi connectivity index (χ4v) is 5.78. The molecule has 1 aliphatic carbocycles. The first-order chi connectivity index (χ1) is 14.3. The van der Waals surface area contributed by atoms with Gasteiger partial charge in [-0.3, -0.25) is 4.79 Å². The van der Waals surface area contributed by atoms with E-state index in [9.17, 15) is 4.79 Å². The van der Waals surface area contributed by atoms with Gasteiger partial charge in [0.25, 0.3) is 0 Å². The monoisotopic (exact) mass is 394 g/mol. The third-order valence-corrected chi connectivity index (χ3v) is 7.54. The molecule has 1 amide bonds. The molecule has 4 aliphatic rings. The topological polar surface area (TPSA) is 32.8 Å². The van der Waals surface area contributed by atoms with Gasteiger partial charge in [0.1, 0.15) is 0 Å². The molecule has 3 aliphatic heterocycles. The van der Waals surface area contributed by atoms with Gasteiger partial charge in [0, 0.05) is 32.2 Å². The number of hydrogen-bond acceptors (Lipinski definition) is 3. The van der Waals surface area contributed by atoms with E-state index in [2.05, 4.69) is 40.1 Å². The molecule has 4 heteroatoms. The lowest BCUT2D eigenvalue weighted by molar-refractivity contribution is -0.134. The average molecular weight is 395 g/mol.